The lowest BCUT2D eigenvalue weighted by atomic mass is 10.1. The van der Waals surface area contributed by atoms with Gasteiger partial charge in [-0.3, -0.25) is 4.99 Å². The van der Waals surface area contributed by atoms with Crippen molar-refractivity contribution in [2.45, 2.75) is 32.1 Å². The van der Waals surface area contributed by atoms with E-state index in [9.17, 15) is 0 Å². The lowest BCUT2D eigenvalue weighted by Gasteiger charge is -2.18. The molecular weight excluding hydrogens is 282 g/mol. The molecule has 0 aliphatic carbocycles. The Kier molecular flexibility index (Phi) is 4.29. The first-order valence-electron chi connectivity index (χ1n) is 8.98. The van der Waals surface area contributed by atoms with Crippen LogP contribution in [0.3, 0.4) is 0 Å². The minimum Gasteiger partial charge on any atom is -0.314 e. The van der Waals surface area contributed by atoms with Crippen LogP contribution in [0.2, 0.25) is 0 Å². The van der Waals surface area contributed by atoms with Gasteiger partial charge in [0.2, 0.25) is 0 Å². The first-order chi connectivity index (χ1) is 11.4. The fraction of sp³-hybridized carbons (Fsp3) is 0.450. The smallest absolute Gasteiger partial charge is 0.0907 e. The maximum atomic E-state index is 4.96. The Morgan fingerprint density at radius 2 is 1.74 bits per heavy atom. The summed E-state index contributed by atoms with van der Waals surface area (Å²) in [6.45, 7) is 4.68. The Morgan fingerprint density at radius 1 is 0.913 bits per heavy atom. The topological polar surface area (TPSA) is 20.5 Å². The number of aromatic nitrogens is 1. The molecule has 0 N–H and O–H groups in total. The SMILES string of the molecule is c1ccc2c(c1)C(=NCCCN1CCCCCC1)c1cccn1-2. The number of aliphatic imine (C=N–C) groups is 1. The maximum Gasteiger partial charge on any atom is 0.0907 e. The van der Waals surface area contributed by atoms with E-state index in [1.54, 1.807) is 0 Å². The molecule has 3 heterocycles. The summed E-state index contributed by atoms with van der Waals surface area (Å²) in [5.41, 5.74) is 4.94. The van der Waals surface area contributed by atoms with Crippen molar-refractivity contribution in [3.63, 3.8) is 0 Å². The highest BCUT2D eigenvalue weighted by Crippen LogP contribution is 2.28. The van der Waals surface area contributed by atoms with E-state index in [0.717, 1.165) is 13.0 Å². The number of para-hydroxylation sites is 1. The molecule has 2 aliphatic heterocycles. The zero-order valence-electron chi connectivity index (χ0n) is 13.7. The predicted octanol–water partition coefficient (Wildman–Crippen LogP) is 3.89. The van der Waals surface area contributed by atoms with E-state index in [2.05, 4.69) is 52.1 Å². The Hall–Kier alpha value is -1.87. The van der Waals surface area contributed by atoms with E-state index >= 15 is 0 Å². The molecule has 23 heavy (non-hydrogen) atoms. The van der Waals surface area contributed by atoms with Gasteiger partial charge in [-0.25, -0.2) is 0 Å². The van der Waals surface area contributed by atoms with Crippen LogP contribution in [0.1, 0.15) is 43.4 Å². The van der Waals surface area contributed by atoms with Crippen molar-refractivity contribution in [1.82, 2.24) is 9.47 Å². The molecule has 0 radical (unpaired) electrons. The highest BCUT2D eigenvalue weighted by atomic mass is 15.1. The highest BCUT2D eigenvalue weighted by Gasteiger charge is 2.23. The lowest BCUT2D eigenvalue weighted by Crippen LogP contribution is -2.26. The summed E-state index contributed by atoms with van der Waals surface area (Å²) in [6, 6.07) is 12.9. The summed E-state index contributed by atoms with van der Waals surface area (Å²) in [5, 5.41) is 0. The Labute approximate surface area is 138 Å². The van der Waals surface area contributed by atoms with Crippen LogP contribution in [0, 0.1) is 0 Å². The van der Waals surface area contributed by atoms with Crippen molar-refractivity contribution in [3.05, 3.63) is 53.9 Å². The summed E-state index contributed by atoms with van der Waals surface area (Å²) in [5.74, 6) is 0. The zero-order valence-corrected chi connectivity index (χ0v) is 13.7. The highest BCUT2D eigenvalue weighted by molar-refractivity contribution is 6.17. The summed E-state index contributed by atoms with van der Waals surface area (Å²) in [4.78, 5) is 7.58. The van der Waals surface area contributed by atoms with Crippen molar-refractivity contribution in [3.8, 4) is 5.69 Å². The van der Waals surface area contributed by atoms with Gasteiger partial charge in [0.15, 0.2) is 0 Å². The molecule has 0 atom stereocenters. The van der Waals surface area contributed by atoms with Gasteiger partial charge in [-0.1, -0.05) is 31.0 Å². The minimum atomic E-state index is 0.922. The molecule has 1 aromatic carbocycles. The predicted molar refractivity (Wildman–Crippen MR) is 95.8 cm³/mol. The number of hydrogen-bond acceptors (Lipinski definition) is 2. The van der Waals surface area contributed by atoms with Gasteiger partial charge in [0.05, 0.1) is 17.1 Å². The molecule has 2 aromatic rings. The Bertz CT molecular complexity index is 690. The van der Waals surface area contributed by atoms with Gasteiger partial charge in [-0.15, -0.1) is 0 Å². The van der Waals surface area contributed by atoms with Crippen LogP contribution in [0.4, 0.5) is 0 Å². The summed E-state index contributed by atoms with van der Waals surface area (Å²) >= 11 is 0. The van der Waals surface area contributed by atoms with Crippen molar-refractivity contribution in [2.75, 3.05) is 26.2 Å². The van der Waals surface area contributed by atoms with Crippen LogP contribution in [-0.4, -0.2) is 41.4 Å². The average molecular weight is 307 g/mol. The number of hydrogen-bond donors (Lipinski definition) is 0. The van der Waals surface area contributed by atoms with Crippen molar-refractivity contribution in [2.24, 2.45) is 4.99 Å². The molecule has 0 amide bonds. The Balaban J connectivity index is 1.43. The molecule has 0 spiro atoms. The van der Waals surface area contributed by atoms with Crippen LogP contribution < -0.4 is 0 Å². The molecule has 1 saturated heterocycles. The molecule has 1 fully saturated rings. The van der Waals surface area contributed by atoms with Gasteiger partial charge in [0.1, 0.15) is 0 Å². The van der Waals surface area contributed by atoms with Gasteiger partial charge in [0.25, 0.3) is 0 Å². The third-order valence-corrected chi connectivity index (χ3v) is 5.01. The molecule has 3 heteroatoms. The molecule has 0 bridgehead atoms. The van der Waals surface area contributed by atoms with Gasteiger partial charge in [-0.2, -0.15) is 0 Å². The second kappa shape index (κ2) is 6.71. The monoisotopic (exact) mass is 307 g/mol. The summed E-state index contributed by atoms with van der Waals surface area (Å²) < 4.78 is 2.25. The quantitative estimate of drug-likeness (QED) is 0.670. The molecule has 2 aliphatic rings. The van der Waals surface area contributed by atoms with E-state index < -0.39 is 0 Å². The van der Waals surface area contributed by atoms with Crippen LogP contribution in [-0.2, 0) is 0 Å². The average Bonchev–Trinajstić information content (AvgIpc) is 3.05. The molecular formula is C20H25N3. The second-order valence-electron chi connectivity index (χ2n) is 6.62. The molecule has 0 unspecified atom stereocenters. The number of likely N-dealkylation sites (tertiary alicyclic amines) is 1. The van der Waals surface area contributed by atoms with E-state index in [0.29, 0.717) is 0 Å². The molecule has 3 nitrogen and oxygen atoms in total. The number of fused-ring (bicyclic) bond motifs is 3. The number of benzene rings is 1. The fourth-order valence-corrected chi connectivity index (χ4v) is 3.82. The summed E-state index contributed by atoms with van der Waals surface area (Å²) in [7, 11) is 0. The zero-order chi connectivity index (χ0) is 15.5. The van der Waals surface area contributed by atoms with E-state index in [1.807, 2.05) is 0 Å². The van der Waals surface area contributed by atoms with Gasteiger partial charge >= 0.3 is 0 Å². The standard InChI is InChI=1S/C20H25N3/c1-2-6-14-22(13-5-1)15-8-12-21-20-17-9-3-4-10-18(17)23-16-7-11-19(20)23/h3-4,7,9-11,16H,1-2,5-6,8,12-15H2. The van der Waals surface area contributed by atoms with Gasteiger partial charge < -0.3 is 9.47 Å². The molecule has 1 aromatic heterocycles. The van der Waals surface area contributed by atoms with E-state index in [-0.39, 0.29) is 0 Å². The van der Waals surface area contributed by atoms with Gasteiger partial charge in [0, 0.05) is 18.3 Å². The molecule has 0 saturated carbocycles. The van der Waals surface area contributed by atoms with E-state index in [1.165, 1.54) is 68.0 Å². The van der Waals surface area contributed by atoms with Crippen LogP contribution in [0.15, 0.2) is 47.6 Å². The third kappa shape index (κ3) is 2.98. The lowest BCUT2D eigenvalue weighted by molar-refractivity contribution is 0.283. The third-order valence-electron chi connectivity index (χ3n) is 5.01. The van der Waals surface area contributed by atoms with Crippen LogP contribution in [0.25, 0.3) is 5.69 Å². The first kappa shape index (κ1) is 14.7. The van der Waals surface area contributed by atoms with Crippen molar-refractivity contribution in [1.29, 1.82) is 0 Å². The van der Waals surface area contributed by atoms with Crippen molar-refractivity contribution < 1.29 is 0 Å². The maximum absolute atomic E-state index is 4.96. The largest absolute Gasteiger partial charge is 0.314 e. The minimum absolute atomic E-state index is 0.922. The van der Waals surface area contributed by atoms with Gasteiger partial charge in [-0.05, 0) is 57.1 Å². The van der Waals surface area contributed by atoms with Crippen LogP contribution >= 0.6 is 0 Å². The number of nitrogens with zero attached hydrogens (tertiary/aromatic N) is 3. The fourth-order valence-electron chi connectivity index (χ4n) is 3.82. The molecule has 120 valence electrons. The van der Waals surface area contributed by atoms with E-state index in [4.69, 9.17) is 4.99 Å². The normalized spacial score (nSPS) is 19.6. The second-order valence-corrected chi connectivity index (χ2v) is 6.62. The van der Waals surface area contributed by atoms with Crippen molar-refractivity contribution >= 4 is 5.71 Å². The van der Waals surface area contributed by atoms with Crippen LogP contribution in [0.5, 0.6) is 0 Å². The number of rotatable bonds is 4. The Morgan fingerprint density at radius 3 is 2.61 bits per heavy atom. The summed E-state index contributed by atoms with van der Waals surface area (Å²) in [6.07, 6.45) is 8.85. The molecule has 4 rings (SSSR count). The first-order valence-corrected chi connectivity index (χ1v) is 8.98.